The van der Waals surface area contributed by atoms with Gasteiger partial charge in [0.15, 0.2) is 5.69 Å². The Morgan fingerprint density at radius 3 is 2.67 bits per heavy atom. The van der Waals surface area contributed by atoms with E-state index in [2.05, 4.69) is 31.1 Å². The number of nitrogens with one attached hydrogen (secondary N) is 2. The third-order valence-electron chi connectivity index (χ3n) is 8.52. The van der Waals surface area contributed by atoms with Gasteiger partial charge in [-0.2, -0.15) is 14.8 Å². The zero-order chi connectivity index (χ0) is 30.0. The van der Waals surface area contributed by atoms with Crippen LogP contribution < -0.4 is 20.5 Å². The van der Waals surface area contributed by atoms with Crippen LogP contribution >= 0.6 is 23.5 Å². The summed E-state index contributed by atoms with van der Waals surface area (Å²) in [4.78, 5) is 38.0. The fraction of sp³-hybridized carbons (Fsp3) is 0.333. The Labute approximate surface area is 256 Å². The van der Waals surface area contributed by atoms with Crippen LogP contribution in [0.1, 0.15) is 46.2 Å². The average molecular weight is 616 g/mol. The molecule has 3 unspecified atom stereocenters. The molecule has 2 aliphatic rings. The quantitative estimate of drug-likeness (QED) is 0.203. The Morgan fingerprint density at radius 2 is 1.93 bits per heavy atom. The van der Waals surface area contributed by atoms with Gasteiger partial charge in [0.25, 0.3) is 11.5 Å². The maximum Gasteiger partial charge on any atom is 0.281 e. The van der Waals surface area contributed by atoms with Crippen LogP contribution in [-0.2, 0) is 7.05 Å². The fourth-order valence-corrected chi connectivity index (χ4v) is 6.91. The number of hydrogen-bond acceptors (Lipinski definition) is 9. The number of piperidine rings is 1. The van der Waals surface area contributed by atoms with Crippen molar-refractivity contribution in [3.05, 3.63) is 86.7 Å². The number of pyridine rings is 1. The normalized spacial score (nSPS) is 19.9. The summed E-state index contributed by atoms with van der Waals surface area (Å²) in [5.74, 6) is 1.62. The number of nitrogens with zero attached hydrogens (tertiary/aromatic N) is 7. The van der Waals surface area contributed by atoms with E-state index in [1.165, 1.54) is 11.9 Å². The predicted molar refractivity (Wildman–Crippen MR) is 169 cm³/mol. The van der Waals surface area contributed by atoms with E-state index in [9.17, 15) is 9.59 Å². The van der Waals surface area contributed by atoms with Crippen molar-refractivity contribution in [3.8, 4) is 0 Å². The highest BCUT2D eigenvalue weighted by molar-refractivity contribution is 7.97. The second-order valence-electron chi connectivity index (χ2n) is 11.3. The largest absolute Gasteiger partial charge is 0.377 e. The van der Waals surface area contributed by atoms with Gasteiger partial charge in [-0.1, -0.05) is 29.6 Å². The van der Waals surface area contributed by atoms with Crippen molar-refractivity contribution in [2.24, 2.45) is 18.9 Å². The van der Waals surface area contributed by atoms with Gasteiger partial charge in [-0.25, -0.2) is 9.97 Å². The second kappa shape index (κ2) is 10.5. The summed E-state index contributed by atoms with van der Waals surface area (Å²) in [5, 5.41) is 13.2. The van der Waals surface area contributed by atoms with E-state index in [4.69, 9.17) is 21.7 Å². The van der Waals surface area contributed by atoms with Gasteiger partial charge in [0.1, 0.15) is 5.15 Å². The third kappa shape index (κ3) is 4.78. The molecule has 1 saturated heterocycles. The van der Waals surface area contributed by atoms with Crippen molar-refractivity contribution in [2.45, 2.75) is 25.8 Å². The first kappa shape index (κ1) is 27.7. The Hall–Kier alpha value is -4.16. The molecule has 0 bridgehead atoms. The fourth-order valence-electron chi connectivity index (χ4n) is 6.48. The summed E-state index contributed by atoms with van der Waals surface area (Å²) >= 11 is 7.30. The molecule has 0 radical (unpaired) electrons. The number of carbonyl (C=O) groups excluding carboxylic acids is 1. The number of amides is 1. The Bertz CT molecular complexity index is 1930. The van der Waals surface area contributed by atoms with Gasteiger partial charge in [0.2, 0.25) is 5.95 Å². The summed E-state index contributed by atoms with van der Waals surface area (Å²) < 4.78 is 6.05. The molecule has 1 aliphatic heterocycles. The summed E-state index contributed by atoms with van der Waals surface area (Å²) in [5.41, 5.74) is 5.17. The monoisotopic (exact) mass is 615 g/mol. The first-order valence-corrected chi connectivity index (χ1v) is 15.7. The van der Waals surface area contributed by atoms with Crippen LogP contribution in [-0.4, -0.2) is 54.6 Å². The summed E-state index contributed by atoms with van der Waals surface area (Å²) in [7, 11) is 1.79. The lowest BCUT2D eigenvalue weighted by molar-refractivity contribution is 0.0980. The molecule has 2 fully saturated rings. The van der Waals surface area contributed by atoms with Crippen LogP contribution in [0.2, 0.25) is 5.15 Å². The minimum atomic E-state index is -0.348. The number of rotatable bonds is 7. The standard InChI is InChI=1S/C30H30ClN9O2S/c1-15-10-18(16(2)33-22-7-8-24(31)34-27(22)28(41)37-43-4)26-19(11-15)29(42)38(3)30(35-26)39-13-20-21(14-39)25(20)23-12-17-6-5-9-32-40(17)36-23/h5-12,16,20-21,25,33H,13-14H2,1-4H3,(H,37,41). The van der Waals surface area contributed by atoms with Crippen molar-refractivity contribution < 1.29 is 4.79 Å². The van der Waals surface area contributed by atoms with Gasteiger partial charge >= 0.3 is 0 Å². The minimum Gasteiger partial charge on any atom is -0.377 e. The lowest BCUT2D eigenvalue weighted by Gasteiger charge is -2.25. The van der Waals surface area contributed by atoms with Crippen molar-refractivity contribution in [1.29, 1.82) is 0 Å². The van der Waals surface area contributed by atoms with E-state index in [1.54, 1.807) is 40.8 Å². The van der Waals surface area contributed by atoms with Crippen LogP contribution in [0.4, 0.5) is 11.6 Å². The van der Waals surface area contributed by atoms with E-state index in [-0.39, 0.29) is 28.4 Å². The molecule has 5 heterocycles. The summed E-state index contributed by atoms with van der Waals surface area (Å²) in [6.45, 7) is 5.56. The molecular formula is C30H30ClN9O2S. The highest BCUT2D eigenvalue weighted by atomic mass is 35.5. The maximum atomic E-state index is 13.7. The number of halogens is 1. The molecule has 3 atom stereocenters. The van der Waals surface area contributed by atoms with Crippen molar-refractivity contribution in [2.75, 3.05) is 29.6 Å². The van der Waals surface area contributed by atoms with Crippen molar-refractivity contribution in [3.63, 3.8) is 0 Å². The van der Waals surface area contributed by atoms with Crippen LogP contribution in [0.5, 0.6) is 0 Å². The molecule has 1 aliphatic carbocycles. The maximum absolute atomic E-state index is 13.7. The number of hydrogen-bond donors (Lipinski definition) is 2. The number of benzene rings is 1. The van der Waals surface area contributed by atoms with Gasteiger partial charge in [0.05, 0.1) is 33.8 Å². The smallest absolute Gasteiger partial charge is 0.281 e. The van der Waals surface area contributed by atoms with Crippen LogP contribution in [0.25, 0.3) is 16.4 Å². The van der Waals surface area contributed by atoms with E-state index < -0.39 is 0 Å². The van der Waals surface area contributed by atoms with Gasteiger partial charge in [-0.15, -0.1) is 0 Å². The van der Waals surface area contributed by atoms with E-state index >= 15 is 0 Å². The average Bonchev–Trinajstić information content (AvgIpc) is 3.30. The molecule has 4 aromatic heterocycles. The minimum absolute atomic E-state index is 0.0890. The molecular weight excluding hydrogens is 586 g/mol. The number of fused-ring (bicyclic) bond motifs is 3. The highest BCUT2D eigenvalue weighted by Crippen LogP contribution is 2.58. The third-order valence-corrected chi connectivity index (χ3v) is 9.12. The van der Waals surface area contributed by atoms with E-state index in [1.807, 2.05) is 38.1 Å². The topological polar surface area (TPSA) is 122 Å². The lowest BCUT2D eigenvalue weighted by Crippen LogP contribution is -2.32. The molecule has 13 heteroatoms. The van der Waals surface area contributed by atoms with Gasteiger partial charge in [-0.3, -0.25) is 18.9 Å². The second-order valence-corrected chi connectivity index (χ2v) is 12.3. The van der Waals surface area contributed by atoms with Crippen molar-refractivity contribution >= 4 is 57.5 Å². The van der Waals surface area contributed by atoms with Crippen molar-refractivity contribution in [1.82, 2.24) is 34.1 Å². The zero-order valence-corrected chi connectivity index (χ0v) is 25.6. The number of anilines is 2. The Kier molecular flexibility index (Phi) is 6.77. The number of aromatic nitrogens is 6. The molecule has 1 aromatic carbocycles. The van der Waals surface area contributed by atoms with Gasteiger partial charge < -0.3 is 10.2 Å². The van der Waals surface area contributed by atoms with E-state index in [0.717, 1.165) is 35.4 Å². The highest BCUT2D eigenvalue weighted by Gasteiger charge is 2.58. The van der Waals surface area contributed by atoms with Gasteiger partial charge in [-0.05, 0) is 67.6 Å². The Balaban J connectivity index is 1.20. The molecule has 7 rings (SSSR count). The molecule has 2 N–H and O–H groups in total. The number of carbonyl (C=O) groups is 1. The van der Waals surface area contributed by atoms with Crippen LogP contribution in [0, 0.1) is 18.8 Å². The molecule has 5 aromatic rings. The first-order valence-electron chi connectivity index (χ1n) is 14.1. The lowest BCUT2D eigenvalue weighted by atomic mass is 10.0. The molecule has 43 heavy (non-hydrogen) atoms. The predicted octanol–water partition coefficient (Wildman–Crippen LogP) is 4.36. The first-order chi connectivity index (χ1) is 20.7. The molecule has 1 amide bonds. The summed E-state index contributed by atoms with van der Waals surface area (Å²) in [6, 6.07) is 13.1. The SMILES string of the molecule is CSNC(=O)c1nc(Cl)ccc1NC(C)c1cc(C)cc2c(=O)n(C)c(N3CC4C(C3)C4c3cc4cccnn4n3)nc12. The van der Waals surface area contributed by atoms with Crippen LogP contribution in [0.3, 0.4) is 0 Å². The Morgan fingerprint density at radius 1 is 1.14 bits per heavy atom. The van der Waals surface area contributed by atoms with E-state index in [0.29, 0.717) is 40.3 Å². The molecule has 1 saturated carbocycles. The summed E-state index contributed by atoms with van der Waals surface area (Å²) in [6.07, 6.45) is 3.51. The van der Waals surface area contributed by atoms with Gasteiger partial charge in [0, 0.05) is 44.1 Å². The molecule has 0 spiro atoms. The molecule has 220 valence electrons. The molecule has 11 nitrogen and oxygen atoms in total. The number of aryl methyl sites for hydroxylation is 1. The zero-order valence-electron chi connectivity index (χ0n) is 24.1. The van der Waals surface area contributed by atoms with Crippen LogP contribution in [0.15, 0.2) is 53.5 Å².